The molecule has 2 aliphatic rings. The lowest BCUT2D eigenvalue weighted by Gasteiger charge is -2.27. The molecule has 2 aromatic carbocycles. The number of aryl methyl sites for hydroxylation is 1. The van der Waals surface area contributed by atoms with Crippen LogP contribution in [0.25, 0.3) is 11.0 Å². The molecule has 0 saturated carbocycles. The van der Waals surface area contributed by atoms with Gasteiger partial charge in [-0.3, -0.25) is 9.59 Å². The number of likely N-dealkylation sites (tertiary alicyclic amines) is 1. The Labute approximate surface area is 216 Å². The first-order valence-corrected chi connectivity index (χ1v) is 13.0. The maximum absolute atomic E-state index is 13.6. The number of hydrogen-bond acceptors (Lipinski definition) is 6. The summed E-state index contributed by atoms with van der Waals surface area (Å²) in [7, 11) is 1.84. The van der Waals surface area contributed by atoms with Gasteiger partial charge in [-0.15, -0.1) is 5.10 Å². The van der Waals surface area contributed by atoms with Crippen molar-refractivity contribution >= 4 is 22.8 Å². The summed E-state index contributed by atoms with van der Waals surface area (Å²) in [5.41, 5.74) is 4.25. The molecule has 9 heteroatoms. The van der Waals surface area contributed by atoms with E-state index in [1.165, 1.54) is 0 Å². The number of aromatic nitrogens is 3. The number of nitriles is 1. The van der Waals surface area contributed by atoms with Crippen molar-refractivity contribution in [3.05, 3.63) is 59.2 Å². The zero-order valence-electron chi connectivity index (χ0n) is 21.4. The molecule has 2 fully saturated rings. The second-order valence-corrected chi connectivity index (χ2v) is 10.3. The highest BCUT2D eigenvalue weighted by molar-refractivity contribution is 5.90. The molecule has 4 atom stereocenters. The number of nitrogens with zero attached hydrogens (tertiary/aromatic N) is 5. The van der Waals surface area contributed by atoms with Crippen LogP contribution in [0.2, 0.25) is 0 Å². The van der Waals surface area contributed by atoms with Crippen LogP contribution in [0.5, 0.6) is 0 Å². The average molecular weight is 500 g/mol. The highest BCUT2D eigenvalue weighted by atomic mass is 16.2. The summed E-state index contributed by atoms with van der Waals surface area (Å²) in [4.78, 5) is 28.8. The first-order valence-electron chi connectivity index (χ1n) is 13.0. The van der Waals surface area contributed by atoms with Gasteiger partial charge in [-0.1, -0.05) is 42.8 Å². The van der Waals surface area contributed by atoms with E-state index >= 15 is 0 Å². The van der Waals surface area contributed by atoms with Gasteiger partial charge in [-0.2, -0.15) is 5.26 Å². The van der Waals surface area contributed by atoms with Crippen LogP contribution in [-0.4, -0.2) is 56.9 Å². The zero-order valence-corrected chi connectivity index (χ0v) is 21.4. The molecule has 2 amide bonds. The van der Waals surface area contributed by atoms with Crippen LogP contribution in [0.4, 0.5) is 0 Å². The lowest BCUT2D eigenvalue weighted by Crippen LogP contribution is -2.51. The smallest absolute Gasteiger partial charge is 0.243 e. The molecule has 0 spiro atoms. The molecular formula is C28H33N7O2. The van der Waals surface area contributed by atoms with E-state index in [1.54, 1.807) is 9.58 Å². The van der Waals surface area contributed by atoms with Crippen molar-refractivity contribution < 1.29 is 9.59 Å². The van der Waals surface area contributed by atoms with Gasteiger partial charge >= 0.3 is 0 Å². The number of rotatable bonds is 7. The third kappa shape index (κ3) is 5.20. The monoisotopic (exact) mass is 499 g/mol. The number of carbonyl (C=O) groups is 2. The molecular weight excluding hydrogens is 466 g/mol. The first kappa shape index (κ1) is 24.9. The van der Waals surface area contributed by atoms with Crippen molar-refractivity contribution in [3.63, 3.8) is 0 Å². The summed E-state index contributed by atoms with van der Waals surface area (Å²) in [5, 5.41) is 24.1. The normalized spacial score (nSPS) is 23.3. The summed E-state index contributed by atoms with van der Waals surface area (Å²) in [6.07, 6.45) is 3.07. The third-order valence-electron chi connectivity index (χ3n) is 7.86. The Morgan fingerprint density at radius 1 is 1.19 bits per heavy atom. The van der Waals surface area contributed by atoms with Crippen molar-refractivity contribution in [1.29, 1.82) is 5.26 Å². The first-order chi connectivity index (χ1) is 18.0. The molecule has 2 saturated heterocycles. The minimum Gasteiger partial charge on any atom is -0.350 e. The molecule has 2 aliphatic heterocycles. The average Bonchev–Trinajstić information content (AvgIpc) is 3.66. The van der Waals surface area contributed by atoms with E-state index in [2.05, 4.69) is 33.9 Å². The molecule has 5 rings (SSSR count). The zero-order chi connectivity index (χ0) is 25.9. The highest BCUT2D eigenvalue weighted by Crippen LogP contribution is 2.30. The Morgan fingerprint density at radius 2 is 2.03 bits per heavy atom. The molecule has 0 unspecified atom stereocenters. The fourth-order valence-electron chi connectivity index (χ4n) is 5.69. The molecule has 0 bridgehead atoms. The number of carbonyl (C=O) groups excluding carboxylic acids is 2. The van der Waals surface area contributed by atoms with Gasteiger partial charge in [0.15, 0.2) is 0 Å². The quantitative estimate of drug-likeness (QED) is 0.515. The maximum Gasteiger partial charge on any atom is 0.243 e. The van der Waals surface area contributed by atoms with Crippen LogP contribution >= 0.6 is 0 Å². The molecule has 0 radical (unpaired) electrons. The molecule has 3 heterocycles. The fraction of sp³-hybridized carbons (Fsp3) is 0.464. The van der Waals surface area contributed by atoms with Gasteiger partial charge in [-0.25, -0.2) is 4.68 Å². The van der Waals surface area contributed by atoms with Crippen LogP contribution in [0.1, 0.15) is 42.9 Å². The van der Waals surface area contributed by atoms with Gasteiger partial charge in [0.05, 0.1) is 23.2 Å². The van der Waals surface area contributed by atoms with Gasteiger partial charge in [0.1, 0.15) is 11.6 Å². The Hall–Kier alpha value is -3.77. The number of benzene rings is 2. The van der Waals surface area contributed by atoms with Gasteiger partial charge in [-0.05, 0) is 67.0 Å². The van der Waals surface area contributed by atoms with Crippen LogP contribution < -0.4 is 10.6 Å². The maximum atomic E-state index is 13.6. The summed E-state index contributed by atoms with van der Waals surface area (Å²) in [5.74, 6) is 0.452. The van der Waals surface area contributed by atoms with E-state index in [-0.39, 0.29) is 23.8 Å². The van der Waals surface area contributed by atoms with Gasteiger partial charge in [0, 0.05) is 20.1 Å². The predicted octanol–water partition coefficient (Wildman–Crippen LogP) is 2.30. The van der Waals surface area contributed by atoms with Crippen molar-refractivity contribution in [2.45, 2.75) is 51.2 Å². The van der Waals surface area contributed by atoms with E-state index in [4.69, 9.17) is 0 Å². The lowest BCUT2D eigenvalue weighted by molar-refractivity contribution is -0.139. The van der Waals surface area contributed by atoms with E-state index < -0.39 is 6.04 Å². The minimum atomic E-state index is -0.533. The molecule has 1 aromatic heterocycles. The molecule has 3 aromatic rings. The molecule has 2 N–H and O–H groups in total. The largest absolute Gasteiger partial charge is 0.350 e. The van der Waals surface area contributed by atoms with Gasteiger partial charge in [0.25, 0.3) is 0 Å². The SMILES string of the molecule is CC[C@H]1CN[C@@H](C(=O)N2C[C@H](Cc3ccccc3C#N)C[C@H]2C(=O)NCc2ccc3c(c2)nnn3C)C1. The second-order valence-electron chi connectivity index (χ2n) is 10.3. The lowest BCUT2D eigenvalue weighted by atomic mass is 9.94. The minimum absolute atomic E-state index is 0.00754. The van der Waals surface area contributed by atoms with E-state index in [0.717, 1.165) is 41.5 Å². The molecule has 192 valence electrons. The highest BCUT2D eigenvalue weighted by Gasteiger charge is 2.43. The fourth-order valence-corrected chi connectivity index (χ4v) is 5.69. The van der Waals surface area contributed by atoms with Crippen LogP contribution in [0, 0.1) is 23.2 Å². The number of fused-ring (bicyclic) bond motifs is 1. The number of hydrogen-bond donors (Lipinski definition) is 2. The van der Waals surface area contributed by atoms with Crippen LogP contribution in [0.3, 0.4) is 0 Å². The number of nitrogens with one attached hydrogen (secondary N) is 2. The van der Waals surface area contributed by atoms with E-state index in [1.807, 2.05) is 49.5 Å². The second kappa shape index (κ2) is 10.7. The van der Waals surface area contributed by atoms with E-state index in [9.17, 15) is 14.9 Å². The Kier molecular flexibility index (Phi) is 7.19. The molecule has 0 aliphatic carbocycles. The van der Waals surface area contributed by atoms with E-state index in [0.29, 0.717) is 37.4 Å². The van der Waals surface area contributed by atoms with Crippen LogP contribution in [0.15, 0.2) is 42.5 Å². The van der Waals surface area contributed by atoms with Crippen molar-refractivity contribution in [3.8, 4) is 6.07 Å². The van der Waals surface area contributed by atoms with Crippen molar-refractivity contribution in [2.75, 3.05) is 13.1 Å². The van der Waals surface area contributed by atoms with Crippen LogP contribution in [-0.2, 0) is 29.6 Å². The van der Waals surface area contributed by atoms with Gasteiger partial charge < -0.3 is 15.5 Å². The van der Waals surface area contributed by atoms with Crippen molar-refractivity contribution in [2.24, 2.45) is 18.9 Å². The standard InChI is InChI=1S/C28H33N7O2/c1-3-18-11-24(30-15-18)28(37)35-17-20(10-21-6-4-5-7-22(21)14-29)13-26(35)27(36)31-16-19-8-9-25-23(12-19)32-33-34(25)2/h4-9,12,18,20,24,26,30H,3,10-11,13,15-17H2,1-2H3,(H,31,36)/t18-,20-,24-,26+/m1/s1. The third-order valence-corrected chi connectivity index (χ3v) is 7.86. The Morgan fingerprint density at radius 3 is 2.81 bits per heavy atom. The van der Waals surface area contributed by atoms with Crippen molar-refractivity contribution in [1.82, 2.24) is 30.5 Å². The number of amides is 2. The Bertz CT molecular complexity index is 1340. The molecule has 9 nitrogen and oxygen atoms in total. The summed E-state index contributed by atoms with van der Waals surface area (Å²) < 4.78 is 1.71. The summed E-state index contributed by atoms with van der Waals surface area (Å²) in [6, 6.07) is 14.9. The van der Waals surface area contributed by atoms with Gasteiger partial charge in [0.2, 0.25) is 11.8 Å². The summed E-state index contributed by atoms with van der Waals surface area (Å²) >= 11 is 0. The molecule has 37 heavy (non-hydrogen) atoms. The summed E-state index contributed by atoms with van der Waals surface area (Å²) in [6.45, 7) is 3.84. The Balaban J connectivity index is 1.31. The predicted molar refractivity (Wildman–Crippen MR) is 139 cm³/mol. The topological polar surface area (TPSA) is 116 Å².